The fraction of sp³-hybridized carbons (Fsp3) is 0.133. The summed E-state index contributed by atoms with van der Waals surface area (Å²) in [4.78, 5) is 11.4. The SMILES string of the molecule is CNC(=O)c1ccc(NCc2cc(F)c(O)c(F)c2)cc1. The first-order chi connectivity index (χ1) is 10.0. The van der Waals surface area contributed by atoms with Gasteiger partial charge in [0.25, 0.3) is 5.91 Å². The molecule has 2 aromatic carbocycles. The molecule has 6 heteroatoms. The monoisotopic (exact) mass is 292 g/mol. The minimum absolute atomic E-state index is 0.188. The smallest absolute Gasteiger partial charge is 0.251 e. The first kappa shape index (κ1) is 14.8. The van der Waals surface area contributed by atoms with Gasteiger partial charge < -0.3 is 15.7 Å². The number of phenolic OH excluding ortho intramolecular Hbond substituents is 1. The second-order valence-electron chi connectivity index (χ2n) is 4.42. The first-order valence-corrected chi connectivity index (χ1v) is 6.24. The zero-order valence-corrected chi connectivity index (χ0v) is 11.3. The van der Waals surface area contributed by atoms with Crippen molar-refractivity contribution in [2.75, 3.05) is 12.4 Å². The Morgan fingerprint density at radius 3 is 2.24 bits per heavy atom. The highest BCUT2D eigenvalue weighted by molar-refractivity contribution is 5.94. The maximum atomic E-state index is 13.2. The van der Waals surface area contributed by atoms with Gasteiger partial charge in [0.2, 0.25) is 0 Å². The fourth-order valence-electron chi connectivity index (χ4n) is 1.81. The van der Waals surface area contributed by atoms with Gasteiger partial charge in [0.05, 0.1) is 0 Å². The number of anilines is 1. The zero-order valence-electron chi connectivity index (χ0n) is 11.3. The average Bonchev–Trinajstić information content (AvgIpc) is 2.50. The molecule has 3 N–H and O–H groups in total. The van der Waals surface area contributed by atoms with Crippen LogP contribution in [0.25, 0.3) is 0 Å². The van der Waals surface area contributed by atoms with Crippen molar-refractivity contribution in [2.24, 2.45) is 0 Å². The van der Waals surface area contributed by atoms with E-state index in [2.05, 4.69) is 10.6 Å². The zero-order chi connectivity index (χ0) is 15.4. The molecule has 0 unspecified atom stereocenters. The van der Waals surface area contributed by atoms with E-state index in [-0.39, 0.29) is 12.5 Å². The Bertz CT molecular complexity index is 634. The molecule has 2 rings (SSSR count). The van der Waals surface area contributed by atoms with Crippen molar-refractivity contribution in [3.63, 3.8) is 0 Å². The lowest BCUT2D eigenvalue weighted by atomic mass is 10.1. The van der Waals surface area contributed by atoms with Gasteiger partial charge in [0.15, 0.2) is 17.4 Å². The van der Waals surface area contributed by atoms with E-state index >= 15 is 0 Å². The van der Waals surface area contributed by atoms with E-state index in [1.165, 1.54) is 0 Å². The van der Waals surface area contributed by atoms with Crippen LogP contribution in [0.3, 0.4) is 0 Å². The van der Waals surface area contributed by atoms with Crippen molar-refractivity contribution < 1.29 is 18.7 Å². The minimum Gasteiger partial charge on any atom is -0.503 e. The molecule has 0 aliphatic carbocycles. The van der Waals surface area contributed by atoms with Crippen LogP contribution in [0.2, 0.25) is 0 Å². The van der Waals surface area contributed by atoms with E-state index in [1.54, 1.807) is 31.3 Å². The van der Waals surface area contributed by atoms with Gasteiger partial charge in [-0.05, 0) is 42.0 Å². The molecular weight excluding hydrogens is 278 g/mol. The summed E-state index contributed by atoms with van der Waals surface area (Å²) in [7, 11) is 1.54. The largest absolute Gasteiger partial charge is 0.503 e. The fourth-order valence-corrected chi connectivity index (χ4v) is 1.81. The van der Waals surface area contributed by atoms with Crippen LogP contribution in [-0.2, 0) is 6.54 Å². The average molecular weight is 292 g/mol. The lowest BCUT2D eigenvalue weighted by molar-refractivity contribution is 0.0963. The molecule has 0 atom stereocenters. The first-order valence-electron chi connectivity index (χ1n) is 6.24. The minimum atomic E-state index is -0.998. The number of halogens is 2. The van der Waals surface area contributed by atoms with Crippen molar-refractivity contribution in [2.45, 2.75) is 6.54 Å². The number of amides is 1. The summed E-state index contributed by atoms with van der Waals surface area (Å²) in [6, 6.07) is 8.78. The molecule has 4 nitrogen and oxygen atoms in total. The number of hydrogen-bond donors (Lipinski definition) is 3. The van der Waals surface area contributed by atoms with Crippen molar-refractivity contribution in [3.8, 4) is 5.75 Å². The number of carbonyl (C=O) groups is 1. The molecule has 0 aliphatic rings. The van der Waals surface area contributed by atoms with Crippen LogP contribution >= 0.6 is 0 Å². The van der Waals surface area contributed by atoms with E-state index in [0.29, 0.717) is 16.8 Å². The number of benzene rings is 2. The molecule has 0 spiro atoms. The van der Waals surface area contributed by atoms with Crippen LogP contribution in [-0.4, -0.2) is 18.1 Å². The number of nitrogens with one attached hydrogen (secondary N) is 2. The number of carbonyl (C=O) groups excluding carboxylic acids is 1. The van der Waals surface area contributed by atoms with E-state index in [0.717, 1.165) is 12.1 Å². The number of aromatic hydroxyl groups is 1. The topological polar surface area (TPSA) is 61.4 Å². The summed E-state index contributed by atoms with van der Waals surface area (Å²) in [5.41, 5.74) is 1.58. The van der Waals surface area contributed by atoms with Crippen LogP contribution in [0.15, 0.2) is 36.4 Å². The molecule has 0 heterocycles. The van der Waals surface area contributed by atoms with Crippen molar-refractivity contribution in [1.29, 1.82) is 0 Å². The van der Waals surface area contributed by atoms with Crippen LogP contribution < -0.4 is 10.6 Å². The molecule has 0 saturated heterocycles. The predicted octanol–water partition coefficient (Wildman–Crippen LogP) is 2.64. The highest BCUT2D eigenvalue weighted by Crippen LogP contribution is 2.22. The van der Waals surface area contributed by atoms with Crippen molar-refractivity contribution in [1.82, 2.24) is 5.32 Å². The van der Waals surface area contributed by atoms with Crippen molar-refractivity contribution in [3.05, 3.63) is 59.2 Å². The Morgan fingerprint density at radius 1 is 1.14 bits per heavy atom. The molecule has 0 aromatic heterocycles. The third-order valence-electron chi connectivity index (χ3n) is 2.95. The van der Waals surface area contributed by atoms with Gasteiger partial charge in [-0.2, -0.15) is 0 Å². The van der Waals surface area contributed by atoms with Crippen LogP contribution in [0, 0.1) is 11.6 Å². The van der Waals surface area contributed by atoms with Crippen LogP contribution in [0.4, 0.5) is 14.5 Å². The van der Waals surface area contributed by atoms with Gasteiger partial charge in [0.1, 0.15) is 0 Å². The molecule has 1 amide bonds. The van der Waals surface area contributed by atoms with Crippen LogP contribution in [0.1, 0.15) is 15.9 Å². The molecule has 110 valence electrons. The molecule has 2 aromatic rings. The second kappa shape index (κ2) is 6.21. The van der Waals surface area contributed by atoms with Crippen LogP contribution in [0.5, 0.6) is 5.75 Å². The maximum absolute atomic E-state index is 13.2. The quantitative estimate of drug-likeness (QED) is 0.812. The number of phenols is 1. The van der Waals surface area contributed by atoms with Gasteiger partial charge in [-0.15, -0.1) is 0 Å². The van der Waals surface area contributed by atoms with E-state index in [9.17, 15) is 13.6 Å². The molecular formula is C15H14F2N2O2. The molecule has 0 saturated carbocycles. The second-order valence-corrected chi connectivity index (χ2v) is 4.42. The Morgan fingerprint density at radius 2 is 1.71 bits per heavy atom. The molecule has 0 radical (unpaired) electrons. The Balaban J connectivity index is 2.05. The van der Waals surface area contributed by atoms with Gasteiger partial charge in [-0.25, -0.2) is 8.78 Å². The molecule has 0 bridgehead atoms. The Labute approximate surface area is 120 Å². The highest BCUT2D eigenvalue weighted by atomic mass is 19.1. The third kappa shape index (κ3) is 3.47. The summed E-state index contributed by atoms with van der Waals surface area (Å²) in [6.45, 7) is 0.188. The maximum Gasteiger partial charge on any atom is 0.251 e. The lowest BCUT2D eigenvalue weighted by Crippen LogP contribution is -2.17. The van der Waals surface area contributed by atoms with Gasteiger partial charge in [-0.1, -0.05) is 0 Å². The normalized spacial score (nSPS) is 10.2. The van der Waals surface area contributed by atoms with Gasteiger partial charge in [0, 0.05) is 24.8 Å². The highest BCUT2D eigenvalue weighted by Gasteiger charge is 2.09. The summed E-state index contributed by atoms with van der Waals surface area (Å²) in [5, 5.41) is 14.5. The summed E-state index contributed by atoms with van der Waals surface area (Å²) in [6.07, 6.45) is 0. The Kier molecular flexibility index (Phi) is 4.37. The Hall–Kier alpha value is -2.63. The number of hydrogen-bond acceptors (Lipinski definition) is 3. The molecule has 21 heavy (non-hydrogen) atoms. The van der Waals surface area contributed by atoms with Gasteiger partial charge in [-0.3, -0.25) is 4.79 Å². The number of rotatable bonds is 4. The van der Waals surface area contributed by atoms with E-state index < -0.39 is 17.4 Å². The predicted molar refractivity (Wildman–Crippen MR) is 75.2 cm³/mol. The third-order valence-corrected chi connectivity index (χ3v) is 2.95. The standard InChI is InChI=1S/C15H14F2N2O2/c1-18-15(21)10-2-4-11(5-3-10)19-8-9-6-12(16)14(20)13(17)7-9/h2-7,19-20H,8H2,1H3,(H,18,21). The lowest BCUT2D eigenvalue weighted by Gasteiger charge is -2.08. The summed E-state index contributed by atoms with van der Waals surface area (Å²) >= 11 is 0. The van der Waals surface area contributed by atoms with E-state index in [1.807, 2.05) is 0 Å². The molecule has 0 fully saturated rings. The van der Waals surface area contributed by atoms with E-state index in [4.69, 9.17) is 5.11 Å². The van der Waals surface area contributed by atoms with Crippen molar-refractivity contribution >= 4 is 11.6 Å². The summed E-state index contributed by atoms with van der Waals surface area (Å²) < 4.78 is 26.4. The van der Waals surface area contributed by atoms with Gasteiger partial charge >= 0.3 is 0 Å². The molecule has 0 aliphatic heterocycles. The summed E-state index contributed by atoms with van der Waals surface area (Å²) in [5.74, 6) is -3.17.